The van der Waals surface area contributed by atoms with Crippen LogP contribution < -0.4 is 5.11 Å². The first-order valence-corrected chi connectivity index (χ1v) is 3.25. The molecule has 1 heterocycles. The molecule has 1 aromatic rings. The largest absolute Gasteiger partial charge is 0.545 e. The van der Waals surface area contributed by atoms with Crippen molar-refractivity contribution in [1.29, 1.82) is 0 Å². The zero-order valence-electron chi connectivity index (χ0n) is 6.42. The van der Waals surface area contributed by atoms with Gasteiger partial charge in [-0.1, -0.05) is 0 Å². The van der Waals surface area contributed by atoms with Crippen molar-refractivity contribution in [3.05, 3.63) is 29.1 Å². The zero-order valence-corrected chi connectivity index (χ0v) is 6.42. The third-order valence-electron chi connectivity index (χ3n) is 1.53. The molecular weight excluding hydrogens is 142 g/mol. The van der Waals surface area contributed by atoms with E-state index in [1.54, 1.807) is 13.8 Å². The van der Waals surface area contributed by atoms with Crippen LogP contribution in [0, 0.1) is 13.8 Å². The molecule has 0 atom stereocenters. The van der Waals surface area contributed by atoms with Crippen LogP contribution in [0.3, 0.4) is 0 Å². The summed E-state index contributed by atoms with van der Waals surface area (Å²) in [6, 6.07) is 0. The second-order valence-corrected chi connectivity index (χ2v) is 2.44. The van der Waals surface area contributed by atoms with Crippen LogP contribution in [-0.2, 0) is 0 Å². The van der Waals surface area contributed by atoms with Crippen LogP contribution in [0.2, 0.25) is 0 Å². The first kappa shape index (κ1) is 7.72. The van der Waals surface area contributed by atoms with Crippen molar-refractivity contribution in [3.63, 3.8) is 0 Å². The van der Waals surface area contributed by atoms with Crippen LogP contribution in [-0.4, -0.2) is 11.0 Å². The fraction of sp³-hybridized carbons (Fsp3) is 0.250. The molecular formula is C8H8NO2-. The number of carboxylic acids is 1. The van der Waals surface area contributed by atoms with Crippen molar-refractivity contribution < 1.29 is 9.90 Å². The van der Waals surface area contributed by atoms with Gasteiger partial charge >= 0.3 is 0 Å². The summed E-state index contributed by atoms with van der Waals surface area (Å²) in [5.74, 6) is -1.14. The van der Waals surface area contributed by atoms with Gasteiger partial charge in [0, 0.05) is 18.0 Å². The van der Waals surface area contributed by atoms with E-state index < -0.39 is 5.97 Å². The van der Waals surface area contributed by atoms with E-state index in [-0.39, 0.29) is 5.56 Å². The second-order valence-electron chi connectivity index (χ2n) is 2.44. The lowest BCUT2D eigenvalue weighted by atomic mass is 10.1. The van der Waals surface area contributed by atoms with E-state index in [0.717, 1.165) is 0 Å². The molecule has 58 valence electrons. The minimum atomic E-state index is -1.14. The molecule has 0 saturated carbocycles. The average molecular weight is 150 g/mol. The Morgan fingerprint density at radius 2 is 1.82 bits per heavy atom. The summed E-state index contributed by atoms with van der Waals surface area (Å²) in [5, 5.41) is 10.5. The van der Waals surface area contributed by atoms with Crippen LogP contribution in [0.1, 0.15) is 21.5 Å². The van der Waals surface area contributed by atoms with Crippen molar-refractivity contribution >= 4 is 5.97 Å². The molecule has 0 aliphatic carbocycles. The molecule has 1 rings (SSSR count). The Labute approximate surface area is 64.7 Å². The van der Waals surface area contributed by atoms with Crippen molar-refractivity contribution in [2.24, 2.45) is 0 Å². The summed E-state index contributed by atoms with van der Waals surface area (Å²) < 4.78 is 0. The number of aromatic carboxylic acids is 1. The number of rotatable bonds is 1. The summed E-state index contributed by atoms with van der Waals surface area (Å²) in [6.45, 7) is 3.40. The number of nitrogens with zero attached hydrogens (tertiary/aromatic N) is 1. The maximum Gasteiger partial charge on any atom is 0.0721 e. The maximum absolute atomic E-state index is 10.5. The van der Waals surface area contributed by atoms with Gasteiger partial charge < -0.3 is 9.90 Å². The SMILES string of the molecule is Cc1cncc(C)c1C(=O)[O-]. The number of carbonyl (C=O) groups is 1. The predicted molar refractivity (Wildman–Crippen MR) is 38.0 cm³/mol. The Kier molecular flexibility index (Phi) is 1.89. The van der Waals surface area contributed by atoms with Gasteiger partial charge in [0.25, 0.3) is 0 Å². The van der Waals surface area contributed by atoms with Crippen LogP contribution in [0.4, 0.5) is 0 Å². The Balaban J connectivity index is 3.32. The van der Waals surface area contributed by atoms with E-state index in [0.29, 0.717) is 11.1 Å². The minimum Gasteiger partial charge on any atom is -0.545 e. The predicted octanol–water partition coefficient (Wildman–Crippen LogP) is 0.0619. The van der Waals surface area contributed by atoms with Crippen LogP contribution in [0.15, 0.2) is 12.4 Å². The fourth-order valence-corrected chi connectivity index (χ4v) is 1.02. The molecule has 11 heavy (non-hydrogen) atoms. The molecule has 0 spiro atoms. The molecule has 0 aromatic carbocycles. The zero-order chi connectivity index (χ0) is 8.43. The fourth-order valence-electron chi connectivity index (χ4n) is 1.02. The van der Waals surface area contributed by atoms with Gasteiger partial charge in [-0.2, -0.15) is 0 Å². The Hall–Kier alpha value is -1.38. The van der Waals surface area contributed by atoms with Crippen molar-refractivity contribution in [2.45, 2.75) is 13.8 Å². The first-order valence-electron chi connectivity index (χ1n) is 3.25. The summed E-state index contributed by atoms with van der Waals surface area (Å²) in [7, 11) is 0. The highest BCUT2D eigenvalue weighted by atomic mass is 16.4. The van der Waals surface area contributed by atoms with Crippen LogP contribution >= 0.6 is 0 Å². The van der Waals surface area contributed by atoms with Gasteiger partial charge in [-0.15, -0.1) is 0 Å². The smallest absolute Gasteiger partial charge is 0.0721 e. The molecule has 0 radical (unpaired) electrons. The molecule has 1 aromatic heterocycles. The van der Waals surface area contributed by atoms with E-state index in [1.165, 1.54) is 12.4 Å². The summed E-state index contributed by atoms with van der Waals surface area (Å²) in [5.41, 5.74) is 1.54. The Morgan fingerprint density at radius 1 is 1.36 bits per heavy atom. The van der Waals surface area contributed by atoms with E-state index in [2.05, 4.69) is 4.98 Å². The lowest BCUT2D eigenvalue weighted by Crippen LogP contribution is -2.24. The van der Waals surface area contributed by atoms with Crippen LogP contribution in [0.25, 0.3) is 0 Å². The number of hydrogen-bond donors (Lipinski definition) is 0. The number of carbonyl (C=O) groups excluding carboxylic acids is 1. The molecule has 0 amide bonds. The molecule has 3 nitrogen and oxygen atoms in total. The number of aromatic nitrogens is 1. The average Bonchev–Trinajstić information content (AvgIpc) is 1.85. The highest BCUT2D eigenvalue weighted by molar-refractivity contribution is 5.88. The Bertz CT molecular complexity index is 274. The number of aryl methyl sites for hydroxylation is 2. The van der Waals surface area contributed by atoms with E-state index in [1.807, 2.05) is 0 Å². The molecule has 0 aliphatic heterocycles. The molecule has 0 N–H and O–H groups in total. The molecule has 3 heteroatoms. The second kappa shape index (κ2) is 2.70. The third kappa shape index (κ3) is 1.37. The van der Waals surface area contributed by atoms with Gasteiger partial charge in [0.1, 0.15) is 0 Å². The topological polar surface area (TPSA) is 53.0 Å². The van der Waals surface area contributed by atoms with Gasteiger partial charge in [-0.25, -0.2) is 0 Å². The highest BCUT2D eigenvalue weighted by Crippen LogP contribution is 2.09. The van der Waals surface area contributed by atoms with Gasteiger partial charge in [0.15, 0.2) is 0 Å². The highest BCUT2D eigenvalue weighted by Gasteiger charge is 2.01. The number of carboxylic acid groups (broad SMARTS) is 1. The molecule has 0 fully saturated rings. The molecule has 0 bridgehead atoms. The van der Waals surface area contributed by atoms with Gasteiger partial charge in [-0.3, -0.25) is 4.98 Å². The number of pyridine rings is 1. The van der Waals surface area contributed by atoms with Gasteiger partial charge in [-0.05, 0) is 25.0 Å². The van der Waals surface area contributed by atoms with Crippen LogP contribution in [0.5, 0.6) is 0 Å². The summed E-state index contributed by atoms with van der Waals surface area (Å²) >= 11 is 0. The molecule has 0 unspecified atom stereocenters. The number of hydrogen-bond acceptors (Lipinski definition) is 3. The summed E-state index contributed by atoms with van der Waals surface area (Å²) in [6.07, 6.45) is 3.02. The lowest BCUT2D eigenvalue weighted by molar-refractivity contribution is -0.255. The third-order valence-corrected chi connectivity index (χ3v) is 1.53. The van der Waals surface area contributed by atoms with E-state index in [9.17, 15) is 9.90 Å². The van der Waals surface area contributed by atoms with E-state index >= 15 is 0 Å². The Morgan fingerprint density at radius 3 is 2.09 bits per heavy atom. The quantitative estimate of drug-likeness (QED) is 0.569. The van der Waals surface area contributed by atoms with Crippen molar-refractivity contribution in [2.75, 3.05) is 0 Å². The minimum absolute atomic E-state index is 0.250. The van der Waals surface area contributed by atoms with Gasteiger partial charge in [0.2, 0.25) is 0 Å². The van der Waals surface area contributed by atoms with Crippen molar-refractivity contribution in [3.8, 4) is 0 Å². The molecule has 0 saturated heterocycles. The molecule has 0 aliphatic rings. The standard InChI is InChI=1S/C8H9NO2/c1-5-3-9-4-6(2)7(5)8(10)11/h3-4H,1-2H3,(H,10,11)/p-1. The monoisotopic (exact) mass is 150 g/mol. The van der Waals surface area contributed by atoms with Gasteiger partial charge in [0.05, 0.1) is 5.97 Å². The lowest BCUT2D eigenvalue weighted by Gasteiger charge is -2.08. The summed E-state index contributed by atoms with van der Waals surface area (Å²) in [4.78, 5) is 14.3. The van der Waals surface area contributed by atoms with E-state index in [4.69, 9.17) is 0 Å². The first-order chi connectivity index (χ1) is 5.13. The maximum atomic E-state index is 10.5. The van der Waals surface area contributed by atoms with Crippen molar-refractivity contribution in [1.82, 2.24) is 4.98 Å². The normalized spacial score (nSPS) is 9.64.